The van der Waals surface area contributed by atoms with Crippen molar-refractivity contribution in [2.75, 3.05) is 0 Å². The van der Waals surface area contributed by atoms with E-state index in [-0.39, 0.29) is 0 Å². The monoisotopic (exact) mass is 163 g/mol. The Morgan fingerprint density at radius 1 is 1.50 bits per heavy atom. The Morgan fingerprint density at radius 3 is 2.83 bits per heavy atom. The lowest BCUT2D eigenvalue weighted by molar-refractivity contribution is 0.598. The first-order chi connectivity index (χ1) is 5.81. The summed E-state index contributed by atoms with van der Waals surface area (Å²) in [5.41, 5.74) is 3.02. The summed E-state index contributed by atoms with van der Waals surface area (Å²) < 4.78 is 0. The fourth-order valence-electron chi connectivity index (χ4n) is 0.946. The summed E-state index contributed by atoms with van der Waals surface area (Å²) in [4.78, 5) is 0. The number of hydrogen-bond acceptors (Lipinski definition) is 1. The predicted molar refractivity (Wildman–Crippen MR) is 51.6 cm³/mol. The first-order valence-corrected chi connectivity index (χ1v) is 4.59. The average Bonchev–Trinajstić information content (AvgIpc) is 2.09. The van der Waals surface area contributed by atoms with Crippen molar-refractivity contribution in [3.8, 4) is 6.07 Å². The van der Waals surface area contributed by atoms with E-state index in [1.54, 1.807) is 6.08 Å². The minimum atomic E-state index is 0.469. The van der Waals surface area contributed by atoms with Crippen LogP contribution in [-0.2, 0) is 0 Å². The number of nitriles is 1. The second-order valence-corrected chi connectivity index (χ2v) is 3.02. The number of rotatable bonds is 5. The van der Waals surface area contributed by atoms with Crippen molar-refractivity contribution in [2.45, 2.75) is 39.5 Å². The van der Waals surface area contributed by atoms with Gasteiger partial charge in [-0.2, -0.15) is 5.26 Å². The molecule has 0 amide bonds. The van der Waals surface area contributed by atoms with E-state index in [0.717, 1.165) is 0 Å². The normalized spacial score (nSPS) is 11.1. The molecule has 0 aliphatic rings. The van der Waals surface area contributed by atoms with Crippen LogP contribution in [0.1, 0.15) is 39.5 Å². The molecule has 0 spiro atoms. The Hall–Kier alpha value is -0.990. The number of allylic oxidation sites excluding steroid dienone is 1. The number of unbranched alkanes of at least 4 members (excludes halogenated alkanes) is 1. The largest absolute Gasteiger partial charge is 0.198 e. The zero-order valence-corrected chi connectivity index (χ0v) is 8.01. The van der Waals surface area contributed by atoms with E-state index in [0.29, 0.717) is 12.3 Å². The van der Waals surface area contributed by atoms with Crippen LogP contribution in [0.5, 0.6) is 0 Å². The third-order valence-electron chi connectivity index (χ3n) is 1.70. The standard InChI is InChI=1S/C11H17N/c1-3-4-8-11(2)9-6-5-7-10-12/h5,9,11H,3-4,7-8H2,1-2H3/t6?,11-/m0/s1. The molecule has 1 heteroatoms. The van der Waals surface area contributed by atoms with Crippen LogP contribution in [0, 0.1) is 17.2 Å². The fourth-order valence-corrected chi connectivity index (χ4v) is 0.946. The number of hydrogen-bond donors (Lipinski definition) is 0. The molecule has 0 heterocycles. The van der Waals surface area contributed by atoms with E-state index in [4.69, 9.17) is 5.26 Å². The molecule has 12 heavy (non-hydrogen) atoms. The van der Waals surface area contributed by atoms with Crippen LogP contribution in [0.15, 0.2) is 17.9 Å². The Bertz CT molecular complexity index is 192. The fraction of sp³-hybridized carbons (Fsp3) is 0.636. The van der Waals surface area contributed by atoms with Crippen LogP contribution in [0.2, 0.25) is 0 Å². The lowest BCUT2D eigenvalue weighted by Crippen LogP contribution is -1.87. The molecule has 0 fully saturated rings. The van der Waals surface area contributed by atoms with Gasteiger partial charge >= 0.3 is 0 Å². The Morgan fingerprint density at radius 2 is 2.25 bits per heavy atom. The molecule has 0 bridgehead atoms. The average molecular weight is 163 g/mol. The van der Waals surface area contributed by atoms with E-state index in [1.165, 1.54) is 19.3 Å². The summed E-state index contributed by atoms with van der Waals surface area (Å²) in [5.74, 6) is 0.597. The first-order valence-electron chi connectivity index (χ1n) is 4.59. The van der Waals surface area contributed by atoms with Gasteiger partial charge in [0.2, 0.25) is 0 Å². The summed E-state index contributed by atoms with van der Waals surface area (Å²) >= 11 is 0. The summed E-state index contributed by atoms with van der Waals surface area (Å²) in [5, 5.41) is 8.24. The Labute approximate surface area is 75.4 Å². The molecule has 0 aromatic carbocycles. The summed E-state index contributed by atoms with van der Waals surface area (Å²) in [6.45, 7) is 4.38. The van der Waals surface area contributed by atoms with Gasteiger partial charge in [-0.05, 0) is 24.5 Å². The highest BCUT2D eigenvalue weighted by Gasteiger charge is 1.93. The van der Waals surface area contributed by atoms with E-state index in [1.807, 2.05) is 12.1 Å². The van der Waals surface area contributed by atoms with E-state index in [9.17, 15) is 0 Å². The molecule has 0 rings (SSSR count). The molecule has 0 saturated carbocycles. The summed E-state index contributed by atoms with van der Waals surface area (Å²) in [7, 11) is 0. The molecule has 0 saturated heterocycles. The Balaban J connectivity index is 3.60. The molecule has 0 radical (unpaired) electrons. The second-order valence-electron chi connectivity index (χ2n) is 3.02. The minimum Gasteiger partial charge on any atom is -0.198 e. The molecule has 0 N–H and O–H groups in total. The van der Waals surface area contributed by atoms with Crippen molar-refractivity contribution < 1.29 is 0 Å². The van der Waals surface area contributed by atoms with Gasteiger partial charge in [-0.15, -0.1) is 5.73 Å². The van der Waals surface area contributed by atoms with Crippen LogP contribution in [-0.4, -0.2) is 0 Å². The zero-order valence-electron chi connectivity index (χ0n) is 8.01. The van der Waals surface area contributed by atoms with E-state index in [2.05, 4.69) is 19.6 Å². The van der Waals surface area contributed by atoms with Crippen molar-refractivity contribution >= 4 is 0 Å². The van der Waals surface area contributed by atoms with Gasteiger partial charge in [0.15, 0.2) is 0 Å². The SMILES string of the molecule is CCCC[C@H](C)C=C=CCC#N. The van der Waals surface area contributed by atoms with Gasteiger partial charge in [-0.25, -0.2) is 0 Å². The minimum absolute atomic E-state index is 0.469. The van der Waals surface area contributed by atoms with Crippen LogP contribution in [0.25, 0.3) is 0 Å². The lowest BCUT2D eigenvalue weighted by Gasteiger charge is -2.00. The molecule has 0 unspecified atom stereocenters. The van der Waals surface area contributed by atoms with Crippen LogP contribution < -0.4 is 0 Å². The van der Waals surface area contributed by atoms with Crippen molar-refractivity contribution in [3.63, 3.8) is 0 Å². The third kappa shape index (κ3) is 7.12. The smallest absolute Gasteiger partial charge is 0.0669 e. The topological polar surface area (TPSA) is 23.8 Å². The molecule has 0 aliphatic heterocycles. The van der Waals surface area contributed by atoms with Crippen molar-refractivity contribution in [1.82, 2.24) is 0 Å². The van der Waals surface area contributed by atoms with Gasteiger partial charge in [0.1, 0.15) is 0 Å². The lowest BCUT2D eigenvalue weighted by atomic mass is 10.0. The van der Waals surface area contributed by atoms with Gasteiger partial charge in [0.25, 0.3) is 0 Å². The summed E-state index contributed by atoms with van der Waals surface area (Å²) in [6, 6.07) is 2.05. The predicted octanol–water partition coefficient (Wildman–Crippen LogP) is 3.44. The zero-order chi connectivity index (χ0) is 9.23. The van der Waals surface area contributed by atoms with Gasteiger partial charge in [-0.3, -0.25) is 0 Å². The maximum Gasteiger partial charge on any atom is 0.0669 e. The Kier molecular flexibility index (Phi) is 7.44. The van der Waals surface area contributed by atoms with Crippen LogP contribution >= 0.6 is 0 Å². The maximum atomic E-state index is 8.24. The van der Waals surface area contributed by atoms with Crippen molar-refractivity contribution in [3.05, 3.63) is 17.9 Å². The molecule has 0 aliphatic carbocycles. The number of nitrogens with zero attached hydrogens (tertiary/aromatic N) is 1. The quantitative estimate of drug-likeness (QED) is 0.569. The van der Waals surface area contributed by atoms with Gasteiger partial charge in [-0.1, -0.05) is 26.7 Å². The maximum absolute atomic E-state index is 8.24. The highest BCUT2D eigenvalue weighted by molar-refractivity contribution is 4.93. The van der Waals surface area contributed by atoms with Gasteiger partial charge < -0.3 is 0 Å². The molecular weight excluding hydrogens is 146 g/mol. The molecular formula is C11H17N. The first kappa shape index (κ1) is 11.0. The van der Waals surface area contributed by atoms with Gasteiger partial charge in [0.05, 0.1) is 12.5 Å². The van der Waals surface area contributed by atoms with Gasteiger partial charge in [0, 0.05) is 0 Å². The second kappa shape index (κ2) is 8.11. The molecule has 1 nitrogen and oxygen atoms in total. The summed E-state index contributed by atoms with van der Waals surface area (Å²) in [6.07, 6.45) is 8.05. The highest BCUT2D eigenvalue weighted by Crippen LogP contribution is 2.07. The van der Waals surface area contributed by atoms with Crippen molar-refractivity contribution in [1.29, 1.82) is 5.26 Å². The highest BCUT2D eigenvalue weighted by atomic mass is 14.2. The molecule has 0 aromatic heterocycles. The van der Waals surface area contributed by atoms with Crippen molar-refractivity contribution in [2.24, 2.45) is 5.92 Å². The third-order valence-corrected chi connectivity index (χ3v) is 1.70. The molecule has 66 valence electrons. The molecule has 0 aromatic rings. The van der Waals surface area contributed by atoms with Crippen LogP contribution in [0.3, 0.4) is 0 Å². The van der Waals surface area contributed by atoms with E-state index >= 15 is 0 Å². The van der Waals surface area contributed by atoms with E-state index < -0.39 is 0 Å². The van der Waals surface area contributed by atoms with Crippen LogP contribution in [0.4, 0.5) is 0 Å². The molecule has 1 atom stereocenters.